The summed E-state index contributed by atoms with van der Waals surface area (Å²) in [5.41, 5.74) is 0.655. The van der Waals surface area contributed by atoms with Gasteiger partial charge in [-0.15, -0.1) is 0 Å². The molecule has 1 heterocycles. The number of benzene rings is 1. The van der Waals surface area contributed by atoms with Gasteiger partial charge in [-0.1, -0.05) is 43.5 Å². The fraction of sp³-hybridized carbons (Fsp3) is 0.389. The normalized spacial score (nSPS) is 13.2. The fourth-order valence-corrected chi connectivity index (χ4v) is 2.89. The zero-order chi connectivity index (χ0) is 19.3. The highest BCUT2D eigenvalue weighted by molar-refractivity contribution is 6.36. The smallest absolute Gasteiger partial charge is 0.326 e. The summed E-state index contributed by atoms with van der Waals surface area (Å²) in [6, 6.07) is 4.13. The molecule has 0 saturated heterocycles. The Balaban J connectivity index is 1.97. The Labute approximate surface area is 161 Å². The van der Waals surface area contributed by atoms with Gasteiger partial charge < -0.3 is 14.8 Å². The molecule has 0 saturated carbocycles. The van der Waals surface area contributed by atoms with E-state index in [1.807, 2.05) is 6.92 Å². The van der Waals surface area contributed by atoms with Crippen molar-refractivity contribution in [3.05, 3.63) is 40.3 Å². The molecule has 2 N–H and O–H groups in total. The molecule has 0 spiro atoms. The predicted molar refractivity (Wildman–Crippen MR) is 99.3 cm³/mol. The van der Waals surface area contributed by atoms with Crippen molar-refractivity contribution in [2.75, 3.05) is 0 Å². The van der Waals surface area contributed by atoms with Crippen LogP contribution in [0.3, 0.4) is 0 Å². The number of oxazole rings is 1. The summed E-state index contributed by atoms with van der Waals surface area (Å²) in [5.74, 6) is -0.705. The number of hydrogen-bond donors (Lipinski definition) is 2. The molecule has 2 unspecified atom stereocenters. The minimum Gasteiger partial charge on any atom is -0.480 e. The molecule has 2 rings (SSSR count). The summed E-state index contributed by atoms with van der Waals surface area (Å²) in [5, 5.41) is 12.7. The SMILES string of the molecule is CCC(C)C(NC(=O)CCc1ncc(-c2ccc(Cl)cc2Cl)o1)C(=O)O. The van der Waals surface area contributed by atoms with Gasteiger partial charge in [0.1, 0.15) is 6.04 Å². The van der Waals surface area contributed by atoms with Crippen molar-refractivity contribution in [3.63, 3.8) is 0 Å². The van der Waals surface area contributed by atoms with Crippen LogP contribution < -0.4 is 5.32 Å². The van der Waals surface area contributed by atoms with E-state index in [0.717, 1.165) is 0 Å². The van der Waals surface area contributed by atoms with E-state index in [4.69, 9.17) is 27.6 Å². The lowest BCUT2D eigenvalue weighted by atomic mass is 9.99. The molecule has 0 aliphatic carbocycles. The molecular weight excluding hydrogens is 379 g/mol. The zero-order valence-electron chi connectivity index (χ0n) is 14.5. The maximum atomic E-state index is 12.0. The number of hydrogen-bond acceptors (Lipinski definition) is 4. The summed E-state index contributed by atoms with van der Waals surface area (Å²) in [4.78, 5) is 27.4. The van der Waals surface area contributed by atoms with Crippen LogP contribution in [0.25, 0.3) is 11.3 Å². The molecule has 1 amide bonds. The first-order valence-corrected chi connectivity index (χ1v) is 8.99. The molecule has 0 bridgehead atoms. The topological polar surface area (TPSA) is 92.4 Å². The van der Waals surface area contributed by atoms with Gasteiger partial charge in [-0.3, -0.25) is 4.79 Å². The Bertz CT molecular complexity index is 791. The first-order chi connectivity index (χ1) is 12.3. The second kappa shape index (κ2) is 9.05. The van der Waals surface area contributed by atoms with E-state index in [1.165, 1.54) is 6.20 Å². The molecule has 140 valence electrons. The van der Waals surface area contributed by atoms with Crippen LogP contribution in [0, 0.1) is 5.92 Å². The number of nitrogens with one attached hydrogen (secondary N) is 1. The van der Waals surface area contributed by atoms with Crippen LogP contribution in [-0.4, -0.2) is 28.0 Å². The van der Waals surface area contributed by atoms with Gasteiger partial charge in [0.25, 0.3) is 0 Å². The first kappa shape index (κ1) is 20.3. The summed E-state index contributed by atoms with van der Waals surface area (Å²) >= 11 is 12.0. The first-order valence-electron chi connectivity index (χ1n) is 8.24. The second-order valence-electron chi connectivity index (χ2n) is 6.01. The summed E-state index contributed by atoms with van der Waals surface area (Å²) in [7, 11) is 0. The van der Waals surface area contributed by atoms with Gasteiger partial charge in [0.05, 0.1) is 11.2 Å². The van der Waals surface area contributed by atoms with Crippen LogP contribution in [0.1, 0.15) is 32.6 Å². The number of rotatable bonds is 8. The number of amides is 1. The van der Waals surface area contributed by atoms with E-state index >= 15 is 0 Å². The van der Waals surface area contributed by atoms with Gasteiger partial charge in [0, 0.05) is 23.4 Å². The lowest BCUT2D eigenvalue weighted by Gasteiger charge is -2.19. The minimum atomic E-state index is -1.04. The second-order valence-corrected chi connectivity index (χ2v) is 6.86. The highest BCUT2D eigenvalue weighted by Gasteiger charge is 2.25. The number of carbonyl (C=O) groups is 2. The lowest BCUT2D eigenvalue weighted by molar-refractivity contribution is -0.143. The molecule has 0 aliphatic heterocycles. The van der Waals surface area contributed by atoms with Crippen LogP contribution in [0.2, 0.25) is 10.0 Å². The molecule has 0 fully saturated rings. The van der Waals surface area contributed by atoms with Gasteiger partial charge in [0.2, 0.25) is 5.91 Å². The van der Waals surface area contributed by atoms with Gasteiger partial charge in [-0.25, -0.2) is 9.78 Å². The third-order valence-corrected chi connectivity index (χ3v) is 4.66. The number of carboxylic acid groups (broad SMARTS) is 1. The Hall–Kier alpha value is -2.05. The fourth-order valence-electron chi connectivity index (χ4n) is 2.39. The van der Waals surface area contributed by atoms with Gasteiger partial charge in [-0.05, 0) is 24.1 Å². The standard InChI is InChI=1S/C18H20Cl2N2O4/c1-3-10(2)17(18(24)25)22-15(23)6-7-16-21-9-14(26-16)12-5-4-11(19)8-13(12)20/h4-5,8-10,17H,3,6-7H2,1-2H3,(H,22,23)(H,24,25). The van der Waals surface area contributed by atoms with E-state index in [2.05, 4.69) is 10.3 Å². The summed E-state index contributed by atoms with van der Waals surface area (Å²) in [6.45, 7) is 3.66. The Morgan fingerprint density at radius 1 is 1.35 bits per heavy atom. The molecule has 2 aromatic rings. The molecule has 6 nitrogen and oxygen atoms in total. The van der Waals surface area contributed by atoms with E-state index in [9.17, 15) is 14.7 Å². The maximum absolute atomic E-state index is 12.0. The average Bonchev–Trinajstić information content (AvgIpc) is 3.05. The quantitative estimate of drug-likeness (QED) is 0.694. The number of aliphatic carboxylic acids is 1. The van der Waals surface area contributed by atoms with Crippen molar-refractivity contribution in [2.24, 2.45) is 5.92 Å². The van der Waals surface area contributed by atoms with Gasteiger partial charge >= 0.3 is 5.97 Å². The number of nitrogens with zero attached hydrogens (tertiary/aromatic N) is 1. The van der Waals surface area contributed by atoms with E-state index in [-0.39, 0.29) is 24.7 Å². The number of aromatic nitrogens is 1. The highest BCUT2D eigenvalue weighted by Crippen LogP contribution is 2.30. The molecular formula is C18H20Cl2N2O4. The molecule has 2 atom stereocenters. The minimum absolute atomic E-state index is 0.0779. The highest BCUT2D eigenvalue weighted by atomic mass is 35.5. The van der Waals surface area contributed by atoms with Crippen LogP contribution in [0.15, 0.2) is 28.8 Å². The predicted octanol–water partition coefficient (Wildman–Crippen LogP) is 4.20. The van der Waals surface area contributed by atoms with Crippen LogP contribution in [0.4, 0.5) is 0 Å². The third-order valence-electron chi connectivity index (χ3n) is 4.11. The Morgan fingerprint density at radius 2 is 2.08 bits per heavy atom. The lowest BCUT2D eigenvalue weighted by Crippen LogP contribution is -2.45. The molecule has 8 heteroatoms. The number of carbonyl (C=O) groups excluding carboxylic acids is 1. The third kappa shape index (κ3) is 5.22. The van der Waals surface area contributed by atoms with Crippen LogP contribution in [0.5, 0.6) is 0 Å². The Morgan fingerprint density at radius 3 is 2.69 bits per heavy atom. The molecule has 1 aromatic carbocycles. The van der Waals surface area contributed by atoms with E-state index < -0.39 is 12.0 Å². The van der Waals surface area contributed by atoms with Crippen molar-refractivity contribution in [1.29, 1.82) is 0 Å². The average molecular weight is 399 g/mol. The Kier molecular flexibility index (Phi) is 7.06. The number of carboxylic acids is 1. The van der Waals surface area contributed by atoms with E-state index in [0.29, 0.717) is 33.7 Å². The summed E-state index contributed by atoms with van der Waals surface area (Å²) in [6.07, 6.45) is 2.52. The van der Waals surface area contributed by atoms with Crippen molar-refractivity contribution >= 4 is 35.1 Å². The number of aryl methyl sites for hydroxylation is 1. The largest absolute Gasteiger partial charge is 0.480 e. The van der Waals surface area contributed by atoms with E-state index in [1.54, 1.807) is 25.1 Å². The molecule has 1 aromatic heterocycles. The maximum Gasteiger partial charge on any atom is 0.326 e. The van der Waals surface area contributed by atoms with Crippen molar-refractivity contribution in [3.8, 4) is 11.3 Å². The van der Waals surface area contributed by atoms with Crippen molar-refractivity contribution < 1.29 is 19.1 Å². The molecule has 0 radical (unpaired) electrons. The van der Waals surface area contributed by atoms with Crippen molar-refractivity contribution in [1.82, 2.24) is 10.3 Å². The van der Waals surface area contributed by atoms with Gasteiger partial charge in [0.15, 0.2) is 11.7 Å². The van der Waals surface area contributed by atoms with Crippen LogP contribution >= 0.6 is 23.2 Å². The molecule has 26 heavy (non-hydrogen) atoms. The summed E-state index contributed by atoms with van der Waals surface area (Å²) < 4.78 is 5.63. The monoisotopic (exact) mass is 398 g/mol. The van der Waals surface area contributed by atoms with Crippen molar-refractivity contribution in [2.45, 2.75) is 39.2 Å². The van der Waals surface area contributed by atoms with Crippen LogP contribution in [-0.2, 0) is 16.0 Å². The van der Waals surface area contributed by atoms with Gasteiger partial charge in [-0.2, -0.15) is 0 Å². The number of halogens is 2. The zero-order valence-corrected chi connectivity index (χ0v) is 16.0. The molecule has 0 aliphatic rings.